The largest absolute Gasteiger partial charge is 0.385 e. The second kappa shape index (κ2) is 5.55. The predicted octanol–water partition coefficient (Wildman–Crippen LogP) is 1.71. The minimum atomic E-state index is -0.372. The molecule has 0 saturated carbocycles. The van der Waals surface area contributed by atoms with Crippen molar-refractivity contribution < 1.29 is 4.79 Å². The number of amidine groups is 1. The lowest BCUT2D eigenvalue weighted by Gasteiger charge is -2.16. The first kappa shape index (κ1) is 13.8. The smallest absolute Gasteiger partial charge is 0.255 e. The number of benzene rings is 1. The Morgan fingerprint density at radius 2 is 1.90 bits per heavy atom. The lowest BCUT2D eigenvalue weighted by molar-refractivity contribution is -0.125. The number of carbonyl (C=O) groups excluding carboxylic acids is 1. The average molecular weight is 330 g/mol. The molecule has 1 heterocycles. The van der Waals surface area contributed by atoms with Crippen molar-refractivity contribution >= 4 is 33.4 Å². The van der Waals surface area contributed by atoms with E-state index in [9.17, 15) is 4.79 Å². The quantitative estimate of drug-likeness (QED) is 0.833. The fraction of sp³-hybridized carbons (Fsp3) is 0.0769. The maximum atomic E-state index is 11.9. The molecule has 0 unspecified atom stereocenters. The lowest BCUT2D eigenvalue weighted by Crippen LogP contribution is -2.20. The van der Waals surface area contributed by atoms with Crippen LogP contribution in [0.15, 0.2) is 39.4 Å². The van der Waals surface area contributed by atoms with Gasteiger partial charge in [0.2, 0.25) is 0 Å². The van der Waals surface area contributed by atoms with Crippen molar-refractivity contribution in [2.24, 2.45) is 10.8 Å². The lowest BCUT2D eigenvalue weighted by atomic mass is 10.1. The van der Waals surface area contributed by atoms with E-state index in [0.717, 1.165) is 9.48 Å². The highest BCUT2D eigenvalue weighted by Gasteiger charge is 2.28. The van der Waals surface area contributed by atoms with Gasteiger partial charge in [-0.3, -0.25) is 4.79 Å². The number of nitrogens with two attached hydrogens (primary N) is 1. The molecule has 0 fully saturated rings. The number of nitriles is 2. The first-order valence-electron chi connectivity index (χ1n) is 5.53. The van der Waals surface area contributed by atoms with E-state index in [1.165, 1.54) is 0 Å². The standard InChI is InChI=1S/C13H8BrN5O/c14-10-3-1-8(2-4-10)13(9(6-15)7-16)19-12(20)5-11(17)18-19/h1-4H,5H2,(H2,17,18). The molecular weight excluding hydrogens is 322 g/mol. The Hall–Kier alpha value is -2.64. The molecule has 20 heavy (non-hydrogen) atoms. The minimum Gasteiger partial charge on any atom is -0.385 e. The topological polar surface area (TPSA) is 106 Å². The molecule has 1 aromatic rings. The normalized spacial score (nSPS) is 13.4. The highest BCUT2D eigenvalue weighted by atomic mass is 79.9. The summed E-state index contributed by atoms with van der Waals surface area (Å²) in [5.41, 5.74) is 6.02. The molecule has 0 aliphatic carbocycles. The van der Waals surface area contributed by atoms with Crippen LogP contribution in [0.2, 0.25) is 0 Å². The number of hydrazone groups is 1. The van der Waals surface area contributed by atoms with Gasteiger partial charge in [0.25, 0.3) is 5.91 Å². The van der Waals surface area contributed by atoms with Gasteiger partial charge >= 0.3 is 0 Å². The second-order valence-electron chi connectivity index (χ2n) is 3.93. The summed E-state index contributed by atoms with van der Waals surface area (Å²) >= 11 is 3.30. The minimum absolute atomic E-state index is 0.0236. The van der Waals surface area contributed by atoms with Crippen molar-refractivity contribution in [3.8, 4) is 12.1 Å². The van der Waals surface area contributed by atoms with Crippen LogP contribution in [0.5, 0.6) is 0 Å². The number of hydrogen-bond acceptors (Lipinski definition) is 5. The van der Waals surface area contributed by atoms with Crippen LogP contribution >= 0.6 is 15.9 Å². The molecule has 1 aliphatic heterocycles. The van der Waals surface area contributed by atoms with Crippen molar-refractivity contribution in [2.75, 3.05) is 0 Å². The van der Waals surface area contributed by atoms with Crippen molar-refractivity contribution in [1.29, 1.82) is 10.5 Å². The van der Waals surface area contributed by atoms with Crippen molar-refractivity contribution in [2.45, 2.75) is 6.42 Å². The molecule has 98 valence electrons. The van der Waals surface area contributed by atoms with E-state index >= 15 is 0 Å². The zero-order valence-corrected chi connectivity index (χ0v) is 11.8. The van der Waals surface area contributed by atoms with Gasteiger partial charge in [0.15, 0.2) is 5.57 Å². The Kier molecular flexibility index (Phi) is 3.83. The zero-order valence-electron chi connectivity index (χ0n) is 10.2. The van der Waals surface area contributed by atoms with Crippen LogP contribution in [-0.4, -0.2) is 16.8 Å². The number of carbonyl (C=O) groups is 1. The molecule has 0 saturated heterocycles. The van der Waals surface area contributed by atoms with Gasteiger partial charge in [-0.25, -0.2) is 0 Å². The molecule has 0 atom stereocenters. The molecule has 1 aliphatic rings. The van der Waals surface area contributed by atoms with Crippen LogP contribution in [0.4, 0.5) is 0 Å². The van der Waals surface area contributed by atoms with E-state index in [1.807, 2.05) is 0 Å². The van der Waals surface area contributed by atoms with Crippen LogP contribution in [0.25, 0.3) is 5.70 Å². The highest BCUT2D eigenvalue weighted by Crippen LogP contribution is 2.27. The van der Waals surface area contributed by atoms with Gasteiger partial charge in [0, 0.05) is 10.0 Å². The Bertz CT molecular complexity index is 690. The SMILES string of the molecule is N#CC(C#N)=C(c1ccc(Br)cc1)N1N=C(N)CC1=O. The summed E-state index contributed by atoms with van der Waals surface area (Å²) in [4.78, 5) is 11.9. The zero-order chi connectivity index (χ0) is 14.7. The summed E-state index contributed by atoms with van der Waals surface area (Å²) in [6.07, 6.45) is -0.0236. The van der Waals surface area contributed by atoms with Gasteiger partial charge in [-0.2, -0.15) is 20.6 Å². The third kappa shape index (κ3) is 2.53. The van der Waals surface area contributed by atoms with E-state index in [1.54, 1.807) is 36.4 Å². The molecule has 1 amide bonds. The molecule has 7 heteroatoms. The van der Waals surface area contributed by atoms with Crippen LogP contribution in [0, 0.1) is 22.7 Å². The van der Waals surface area contributed by atoms with E-state index in [0.29, 0.717) is 5.56 Å². The molecule has 0 aromatic heterocycles. The van der Waals surface area contributed by atoms with Gasteiger partial charge in [-0.05, 0) is 12.1 Å². The maximum absolute atomic E-state index is 11.9. The number of allylic oxidation sites excluding steroid dienone is 1. The number of halogens is 1. The molecule has 0 spiro atoms. The van der Waals surface area contributed by atoms with Crippen molar-refractivity contribution in [3.05, 3.63) is 39.9 Å². The van der Waals surface area contributed by atoms with E-state index in [4.69, 9.17) is 16.3 Å². The average Bonchev–Trinajstić information content (AvgIpc) is 2.76. The maximum Gasteiger partial charge on any atom is 0.255 e. The summed E-state index contributed by atoms with van der Waals surface area (Å²) < 4.78 is 0.840. The Morgan fingerprint density at radius 3 is 2.35 bits per heavy atom. The Morgan fingerprint density at radius 1 is 1.30 bits per heavy atom. The van der Waals surface area contributed by atoms with Crippen molar-refractivity contribution in [3.63, 3.8) is 0 Å². The number of nitrogens with zero attached hydrogens (tertiary/aromatic N) is 4. The molecule has 2 rings (SSSR count). The number of amides is 1. The molecule has 2 N–H and O–H groups in total. The molecular formula is C13H8BrN5O. The van der Waals surface area contributed by atoms with Gasteiger partial charge in [0.1, 0.15) is 23.7 Å². The summed E-state index contributed by atoms with van der Waals surface area (Å²) in [6, 6.07) is 10.4. The van der Waals surface area contributed by atoms with Crippen LogP contribution < -0.4 is 5.73 Å². The molecule has 0 bridgehead atoms. The van der Waals surface area contributed by atoms with E-state index in [2.05, 4.69) is 21.0 Å². The first-order valence-corrected chi connectivity index (χ1v) is 6.32. The Balaban J connectivity index is 2.62. The fourth-order valence-corrected chi connectivity index (χ4v) is 2.00. The molecule has 1 aromatic carbocycles. The first-order chi connectivity index (χ1) is 9.56. The third-order valence-electron chi connectivity index (χ3n) is 2.59. The number of rotatable bonds is 2. The summed E-state index contributed by atoms with van der Waals surface area (Å²) in [6.45, 7) is 0. The van der Waals surface area contributed by atoms with Gasteiger partial charge in [0.05, 0.1) is 6.42 Å². The van der Waals surface area contributed by atoms with E-state index in [-0.39, 0.29) is 29.4 Å². The summed E-state index contributed by atoms with van der Waals surface area (Å²) in [5, 5.41) is 23.0. The Labute approximate surface area is 123 Å². The molecule has 6 nitrogen and oxygen atoms in total. The summed E-state index contributed by atoms with van der Waals surface area (Å²) in [5.74, 6) is -0.219. The monoisotopic (exact) mass is 329 g/mol. The molecule has 0 radical (unpaired) electrons. The number of hydrogen-bond donors (Lipinski definition) is 1. The van der Waals surface area contributed by atoms with Crippen molar-refractivity contribution in [1.82, 2.24) is 5.01 Å². The fourth-order valence-electron chi connectivity index (χ4n) is 1.74. The summed E-state index contributed by atoms with van der Waals surface area (Å²) in [7, 11) is 0. The van der Waals surface area contributed by atoms with Gasteiger partial charge in [-0.15, -0.1) is 0 Å². The van der Waals surface area contributed by atoms with Crippen LogP contribution in [0.1, 0.15) is 12.0 Å². The van der Waals surface area contributed by atoms with Crippen LogP contribution in [-0.2, 0) is 4.79 Å². The second-order valence-corrected chi connectivity index (χ2v) is 4.84. The van der Waals surface area contributed by atoms with Crippen LogP contribution in [0.3, 0.4) is 0 Å². The van der Waals surface area contributed by atoms with Gasteiger partial charge < -0.3 is 5.73 Å². The van der Waals surface area contributed by atoms with E-state index < -0.39 is 0 Å². The highest BCUT2D eigenvalue weighted by molar-refractivity contribution is 9.10. The van der Waals surface area contributed by atoms with Gasteiger partial charge in [-0.1, -0.05) is 28.1 Å². The predicted molar refractivity (Wildman–Crippen MR) is 75.4 cm³/mol. The third-order valence-corrected chi connectivity index (χ3v) is 3.12.